The maximum absolute atomic E-state index is 10.7. The van der Waals surface area contributed by atoms with Crippen molar-refractivity contribution in [2.75, 3.05) is 0 Å². The summed E-state index contributed by atoms with van der Waals surface area (Å²) in [5.41, 5.74) is 1.21. The minimum atomic E-state index is -0.416. The molecule has 2 aromatic rings. The Kier molecular flexibility index (Phi) is 7.02. The first-order valence-corrected chi connectivity index (χ1v) is 8.19. The monoisotopic (exact) mass is 326 g/mol. The van der Waals surface area contributed by atoms with Crippen LogP contribution in [0.25, 0.3) is 0 Å². The summed E-state index contributed by atoms with van der Waals surface area (Å²) in [7, 11) is 0. The Morgan fingerprint density at radius 3 is 1.62 bits per heavy atom. The SMILES string of the molecule is CCCCCC(Oc1ccc(C=O)cc1)Oc1ccc(C=O)cc1. The Bertz CT molecular complexity index is 578. The number of hydrogen-bond acceptors (Lipinski definition) is 4. The molecule has 0 atom stereocenters. The summed E-state index contributed by atoms with van der Waals surface area (Å²) in [6.45, 7) is 2.15. The van der Waals surface area contributed by atoms with Gasteiger partial charge >= 0.3 is 0 Å². The van der Waals surface area contributed by atoms with Gasteiger partial charge in [0.05, 0.1) is 0 Å². The molecule has 0 heterocycles. The number of hydrogen-bond donors (Lipinski definition) is 0. The molecule has 0 unspecified atom stereocenters. The van der Waals surface area contributed by atoms with E-state index in [4.69, 9.17) is 9.47 Å². The molecule has 0 radical (unpaired) electrons. The van der Waals surface area contributed by atoms with Gasteiger partial charge < -0.3 is 9.47 Å². The van der Waals surface area contributed by atoms with E-state index in [0.717, 1.165) is 38.3 Å². The largest absolute Gasteiger partial charge is 0.455 e. The van der Waals surface area contributed by atoms with Crippen LogP contribution in [0.5, 0.6) is 11.5 Å². The molecule has 2 aromatic carbocycles. The standard InChI is InChI=1S/C20H22O4/c1-2-3-4-5-20(23-18-10-6-16(14-21)7-11-18)24-19-12-8-17(15-22)9-13-19/h6-15,20H,2-5H2,1H3. The van der Waals surface area contributed by atoms with Gasteiger partial charge in [-0.2, -0.15) is 0 Å². The minimum absolute atomic E-state index is 0.416. The van der Waals surface area contributed by atoms with Gasteiger partial charge in [0, 0.05) is 17.5 Å². The second-order valence-corrected chi connectivity index (χ2v) is 5.53. The van der Waals surface area contributed by atoms with Crippen LogP contribution in [0.15, 0.2) is 48.5 Å². The fourth-order valence-corrected chi connectivity index (χ4v) is 2.26. The average molecular weight is 326 g/mol. The number of carbonyl (C=O) groups is 2. The molecule has 0 saturated carbocycles. The molecule has 2 rings (SSSR count). The lowest BCUT2D eigenvalue weighted by Crippen LogP contribution is -2.24. The van der Waals surface area contributed by atoms with Crippen molar-refractivity contribution in [2.45, 2.75) is 38.9 Å². The highest BCUT2D eigenvalue weighted by Gasteiger charge is 2.12. The van der Waals surface area contributed by atoms with E-state index in [9.17, 15) is 9.59 Å². The maximum Gasteiger partial charge on any atom is 0.241 e. The van der Waals surface area contributed by atoms with Crippen molar-refractivity contribution >= 4 is 12.6 Å². The molecule has 0 aliphatic heterocycles. The van der Waals surface area contributed by atoms with Gasteiger partial charge in [0.25, 0.3) is 0 Å². The quantitative estimate of drug-likeness (QED) is 0.361. The van der Waals surface area contributed by atoms with Gasteiger partial charge in [0.2, 0.25) is 6.29 Å². The lowest BCUT2D eigenvalue weighted by Gasteiger charge is -2.20. The minimum Gasteiger partial charge on any atom is -0.455 e. The summed E-state index contributed by atoms with van der Waals surface area (Å²) in [5, 5.41) is 0. The average Bonchev–Trinajstić information content (AvgIpc) is 2.63. The van der Waals surface area contributed by atoms with Crippen molar-refractivity contribution in [2.24, 2.45) is 0 Å². The van der Waals surface area contributed by atoms with Crippen LogP contribution >= 0.6 is 0 Å². The molecule has 0 aliphatic rings. The molecule has 4 nitrogen and oxygen atoms in total. The van der Waals surface area contributed by atoms with Crippen molar-refractivity contribution < 1.29 is 19.1 Å². The predicted molar refractivity (Wildman–Crippen MR) is 92.8 cm³/mol. The highest BCUT2D eigenvalue weighted by atomic mass is 16.7. The predicted octanol–water partition coefficient (Wildman–Crippen LogP) is 4.68. The molecule has 0 N–H and O–H groups in total. The van der Waals surface area contributed by atoms with Gasteiger partial charge in [-0.1, -0.05) is 19.8 Å². The molecular formula is C20H22O4. The molecule has 4 heteroatoms. The normalized spacial score (nSPS) is 10.4. The first-order valence-electron chi connectivity index (χ1n) is 8.19. The van der Waals surface area contributed by atoms with Gasteiger partial charge in [0.1, 0.15) is 24.1 Å². The fraction of sp³-hybridized carbons (Fsp3) is 0.300. The summed E-state index contributed by atoms with van der Waals surface area (Å²) in [6, 6.07) is 13.9. The fourth-order valence-electron chi connectivity index (χ4n) is 2.26. The van der Waals surface area contributed by atoms with Crippen LogP contribution in [0, 0.1) is 0 Å². The van der Waals surface area contributed by atoms with Gasteiger partial charge in [-0.15, -0.1) is 0 Å². The summed E-state index contributed by atoms with van der Waals surface area (Å²) in [6.07, 6.45) is 5.17. The summed E-state index contributed by atoms with van der Waals surface area (Å²) < 4.78 is 11.8. The number of carbonyl (C=O) groups excluding carboxylic acids is 2. The third-order valence-electron chi connectivity index (χ3n) is 3.61. The van der Waals surface area contributed by atoms with Crippen LogP contribution in [0.4, 0.5) is 0 Å². The Hall–Kier alpha value is -2.62. The second kappa shape index (κ2) is 9.50. The lowest BCUT2D eigenvalue weighted by atomic mass is 10.2. The molecule has 24 heavy (non-hydrogen) atoms. The van der Waals surface area contributed by atoms with Gasteiger partial charge in [-0.25, -0.2) is 0 Å². The van der Waals surface area contributed by atoms with E-state index in [1.807, 2.05) is 0 Å². The Labute approximate surface area is 142 Å². The molecular weight excluding hydrogens is 304 g/mol. The number of unbranched alkanes of at least 4 members (excludes halogenated alkanes) is 2. The van der Waals surface area contributed by atoms with Gasteiger partial charge in [0.15, 0.2) is 0 Å². The van der Waals surface area contributed by atoms with Crippen molar-refractivity contribution in [3.63, 3.8) is 0 Å². The van der Waals surface area contributed by atoms with Crippen molar-refractivity contribution in [1.29, 1.82) is 0 Å². The lowest BCUT2D eigenvalue weighted by molar-refractivity contribution is -0.00237. The van der Waals surface area contributed by atoms with Crippen molar-refractivity contribution in [1.82, 2.24) is 0 Å². The van der Waals surface area contributed by atoms with E-state index in [2.05, 4.69) is 6.92 Å². The Morgan fingerprint density at radius 1 is 0.792 bits per heavy atom. The molecule has 0 bridgehead atoms. The molecule has 0 fully saturated rings. The topological polar surface area (TPSA) is 52.6 Å². The highest BCUT2D eigenvalue weighted by molar-refractivity contribution is 5.75. The molecule has 0 aliphatic carbocycles. The van der Waals surface area contributed by atoms with E-state index < -0.39 is 6.29 Å². The zero-order valence-electron chi connectivity index (χ0n) is 13.8. The smallest absolute Gasteiger partial charge is 0.241 e. The van der Waals surface area contributed by atoms with E-state index >= 15 is 0 Å². The van der Waals surface area contributed by atoms with Crippen LogP contribution in [-0.2, 0) is 0 Å². The summed E-state index contributed by atoms with van der Waals surface area (Å²) in [4.78, 5) is 21.4. The zero-order chi connectivity index (χ0) is 17.2. The van der Waals surface area contributed by atoms with E-state index in [1.54, 1.807) is 48.5 Å². The molecule has 0 aromatic heterocycles. The third-order valence-corrected chi connectivity index (χ3v) is 3.61. The Morgan fingerprint density at radius 2 is 1.25 bits per heavy atom. The molecule has 126 valence electrons. The van der Waals surface area contributed by atoms with Crippen molar-refractivity contribution in [3.05, 3.63) is 59.7 Å². The molecule has 0 saturated heterocycles. The third kappa shape index (κ3) is 5.54. The number of ether oxygens (including phenoxy) is 2. The van der Waals surface area contributed by atoms with Crippen LogP contribution in [-0.4, -0.2) is 18.9 Å². The van der Waals surface area contributed by atoms with Gasteiger partial charge in [-0.3, -0.25) is 9.59 Å². The first kappa shape index (κ1) is 17.7. The van der Waals surface area contributed by atoms with Crippen LogP contribution in [0.2, 0.25) is 0 Å². The summed E-state index contributed by atoms with van der Waals surface area (Å²) in [5.74, 6) is 1.32. The van der Waals surface area contributed by atoms with E-state index in [0.29, 0.717) is 22.6 Å². The first-order chi connectivity index (χ1) is 11.7. The highest BCUT2D eigenvalue weighted by Crippen LogP contribution is 2.20. The number of benzene rings is 2. The van der Waals surface area contributed by atoms with Crippen LogP contribution in [0.1, 0.15) is 53.3 Å². The van der Waals surface area contributed by atoms with Crippen molar-refractivity contribution in [3.8, 4) is 11.5 Å². The molecule has 0 amide bonds. The van der Waals surface area contributed by atoms with Gasteiger partial charge in [-0.05, 0) is 55.0 Å². The van der Waals surface area contributed by atoms with Crippen LogP contribution < -0.4 is 9.47 Å². The van der Waals surface area contributed by atoms with Crippen LogP contribution in [0.3, 0.4) is 0 Å². The number of rotatable bonds is 10. The van der Waals surface area contributed by atoms with E-state index in [1.165, 1.54) is 0 Å². The Balaban J connectivity index is 2.04. The maximum atomic E-state index is 10.7. The summed E-state index contributed by atoms with van der Waals surface area (Å²) >= 11 is 0. The van der Waals surface area contributed by atoms with E-state index in [-0.39, 0.29) is 0 Å². The molecule has 0 spiro atoms. The zero-order valence-corrected chi connectivity index (χ0v) is 13.8. The second-order valence-electron chi connectivity index (χ2n) is 5.53. The number of aldehydes is 2.